The standard InChI is InChI=1S/C17H26N2O/c1-5-6-7-10-19(13(2)3)17-11-15(12-18)8-9-16(17)14(4)20/h8-9,11,13-14,20H,5-7,10H2,1-4H3/t14-/m1/s1. The summed E-state index contributed by atoms with van der Waals surface area (Å²) < 4.78 is 0. The third-order valence-electron chi connectivity index (χ3n) is 3.54. The lowest BCUT2D eigenvalue weighted by Crippen LogP contribution is -2.32. The van der Waals surface area contributed by atoms with Gasteiger partial charge in [-0.3, -0.25) is 0 Å². The average Bonchev–Trinajstić information content (AvgIpc) is 2.42. The monoisotopic (exact) mass is 274 g/mol. The molecule has 0 amide bonds. The quantitative estimate of drug-likeness (QED) is 0.764. The molecule has 1 atom stereocenters. The SMILES string of the molecule is CCCCCN(c1cc(C#N)ccc1[C@@H](C)O)C(C)C. The fourth-order valence-corrected chi connectivity index (χ4v) is 2.40. The Kier molecular flexibility index (Phi) is 6.54. The van der Waals surface area contributed by atoms with Crippen LogP contribution in [0.5, 0.6) is 0 Å². The predicted octanol–water partition coefficient (Wildman–Crippen LogP) is 4.02. The van der Waals surface area contributed by atoms with Gasteiger partial charge in [-0.15, -0.1) is 0 Å². The van der Waals surface area contributed by atoms with Crippen molar-refractivity contribution in [3.63, 3.8) is 0 Å². The summed E-state index contributed by atoms with van der Waals surface area (Å²) in [6.07, 6.45) is 2.99. The van der Waals surface area contributed by atoms with Crippen LogP contribution in [0.3, 0.4) is 0 Å². The topological polar surface area (TPSA) is 47.3 Å². The second-order valence-electron chi connectivity index (χ2n) is 5.56. The van der Waals surface area contributed by atoms with E-state index in [4.69, 9.17) is 5.26 Å². The molecule has 0 aliphatic carbocycles. The summed E-state index contributed by atoms with van der Waals surface area (Å²) in [7, 11) is 0. The molecule has 3 heteroatoms. The van der Waals surface area contributed by atoms with Crippen molar-refractivity contribution in [2.75, 3.05) is 11.4 Å². The third-order valence-corrected chi connectivity index (χ3v) is 3.54. The van der Waals surface area contributed by atoms with Crippen molar-refractivity contribution in [2.45, 2.75) is 59.1 Å². The van der Waals surface area contributed by atoms with Gasteiger partial charge in [0.1, 0.15) is 0 Å². The molecule has 1 aromatic carbocycles. The lowest BCUT2D eigenvalue weighted by Gasteiger charge is -2.32. The zero-order chi connectivity index (χ0) is 15.1. The van der Waals surface area contributed by atoms with Crippen molar-refractivity contribution in [2.24, 2.45) is 0 Å². The minimum Gasteiger partial charge on any atom is -0.389 e. The minimum atomic E-state index is -0.523. The number of nitrogens with zero attached hydrogens (tertiary/aromatic N) is 2. The molecule has 0 saturated carbocycles. The summed E-state index contributed by atoms with van der Waals surface area (Å²) in [5, 5.41) is 19.1. The van der Waals surface area contributed by atoms with Crippen LogP contribution in [0.4, 0.5) is 5.69 Å². The highest BCUT2D eigenvalue weighted by Crippen LogP contribution is 2.29. The summed E-state index contributed by atoms with van der Waals surface area (Å²) in [6.45, 7) is 9.22. The largest absolute Gasteiger partial charge is 0.389 e. The van der Waals surface area contributed by atoms with Gasteiger partial charge in [-0.2, -0.15) is 5.26 Å². The predicted molar refractivity (Wildman–Crippen MR) is 83.8 cm³/mol. The molecule has 3 nitrogen and oxygen atoms in total. The van der Waals surface area contributed by atoms with Gasteiger partial charge in [0.15, 0.2) is 0 Å². The van der Waals surface area contributed by atoms with Crippen LogP contribution in [0.2, 0.25) is 0 Å². The molecule has 0 radical (unpaired) electrons. The van der Waals surface area contributed by atoms with Gasteiger partial charge in [-0.1, -0.05) is 25.8 Å². The average molecular weight is 274 g/mol. The van der Waals surface area contributed by atoms with E-state index in [-0.39, 0.29) is 0 Å². The molecule has 1 rings (SSSR count). The van der Waals surface area contributed by atoms with Crippen molar-refractivity contribution in [1.82, 2.24) is 0 Å². The van der Waals surface area contributed by atoms with Crippen molar-refractivity contribution in [3.8, 4) is 6.07 Å². The smallest absolute Gasteiger partial charge is 0.0992 e. The molecular formula is C17H26N2O. The Morgan fingerprint density at radius 2 is 1.95 bits per heavy atom. The second kappa shape index (κ2) is 7.91. The number of benzene rings is 1. The first kappa shape index (κ1) is 16.5. The van der Waals surface area contributed by atoms with E-state index in [1.54, 1.807) is 13.0 Å². The molecule has 0 heterocycles. The summed E-state index contributed by atoms with van der Waals surface area (Å²) in [6, 6.07) is 8.07. The molecule has 1 aromatic rings. The molecule has 0 bridgehead atoms. The maximum atomic E-state index is 9.96. The maximum absolute atomic E-state index is 9.96. The molecule has 0 unspecified atom stereocenters. The molecule has 0 aromatic heterocycles. The first-order chi connectivity index (χ1) is 9.51. The number of hydrogen-bond donors (Lipinski definition) is 1. The lowest BCUT2D eigenvalue weighted by atomic mass is 10.0. The Hall–Kier alpha value is -1.53. The van der Waals surface area contributed by atoms with Crippen LogP contribution < -0.4 is 4.90 Å². The van der Waals surface area contributed by atoms with Gasteiger partial charge >= 0.3 is 0 Å². The van der Waals surface area contributed by atoms with Crippen LogP contribution in [0, 0.1) is 11.3 Å². The van der Waals surface area contributed by atoms with E-state index in [1.807, 2.05) is 12.1 Å². The highest BCUT2D eigenvalue weighted by atomic mass is 16.3. The molecule has 0 spiro atoms. The molecule has 0 aliphatic heterocycles. The van der Waals surface area contributed by atoms with E-state index in [9.17, 15) is 5.11 Å². The van der Waals surface area contributed by atoms with Crippen LogP contribution in [0.25, 0.3) is 0 Å². The van der Waals surface area contributed by atoms with Crippen LogP contribution in [0.15, 0.2) is 18.2 Å². The van der Waals surface area contributed by atoms with E-state index in [0.717, 1.165) is 24.2 Å². The third kappa shape index (κ3) is 4.25. The Balaban J connectivity index is 3.12. The van der Waals surface area contributed by atoms with Crippen LogP contribution >= 0.6 is 0 Å². The minimum absolute atomic E-state index is 0.346. The first-order valence-electron chi connectivity index (χ1n) is 7.50. The van der Waals surface area contributed by atoms with Crippen molar-refractivity contribution in [1.29, 1.82) is 5.26 Å². The van der Waals surface area contributed by atoms with Crippen LogP contribution in [-0.4, -0.2) is 17.7 Å². The Bertz CT molecular complexity index is 461. The van der Waals surface area contributed by atoms with E-state index >= 15 is 0 Å². The zero-order valence-electron chi connectivity index (χ0n) is 13.1. The Morgan fingerprint density at radius 1 is 1.25 bits per heavy atom. The van der Waals surface area contributed by atoms with Gasteiger partial charge in [0.05, 0.1) is 17.7 Å². The molecule has 110 valence electrons. The number of nitriles is 1. The first-order valence-corrected chi connectivity index (χ1v) is 7.50. The van der Waals surface area contributed by atoms with E-state index < -0.39 is 6.10 Å². The number of hydrogen-bond acceptors (Lipinski definition) is 3. The van der Waals surface area contributed by atoms with E-state index in [2.05, 4.69) is 31.7 Å². The molecular weight excluding hydrogens is 248 g/mol. The molecule has 0 fully saturated rings. The van der Waals surface area contributed by atoms with Gasteiger partial charge in [0, 0.05) is 23.8 Å². The maximum Gasteiger partial charge on any atom is 0.0992 e. The van der Waals surface area contributed by atoms with Gasteiger partial charge in [0.25, 0.3) is 0 Å². The fourth-order valence-electron chi connectivity index (χ4n) is 2.40. The lowest BCUT2D eigenvalue weighted by molar-refractivity contribution is 0.199. The Morgan fingerprint density at radius 3 is 2.45 bits per heavy atom. The summed E-state index contributed by atoms with van der Waals surface area (Å²) in [5.41, 5.74) is 2.53. The summed E-state index contributed by atoms with van der Waals surface area (Å²) >= 11 is 0. The highest BCUT2D eigenvalue weighted by Gasteiger charge is 2.17. The van der Waals surface area contributed by atoms with Crippen molar-refractivity contribution in [3.05, 3.63) is 29.3 Å². The Labute approximate surface area is 122 Å². The van der Waals surface area contributed by atoms with Crippen LogP contribution in [-0.2, 0) is 0 Å². The number of anilines is 1. The second-order valence-corrected chi connectivity index (χ2v) is 5.56. The van der Waals surface area contributed by atoms with Gasteiger partial charge in [-0.05, 0) is 39.3 Å². The van der Waals surface area contributed by atoms with Crippen molar-refractivity contribution < 1.29 is 5.11 Å². The highest BCUT2D eigenvalue weighted by molar-refractivity contribution is 5.59. The molecule has 0 saturated heterocycles. The van der Waals surface area contributed by atoms with Gasteiger partial charge in [0.2, 0.25) is 0 Å². The number of aliphatic hydroxyl groups excluding tert-OH is 1. The summed E-state index contributed by atoms with van der Waals surface area (Å²) in [4.78, 5) is 2.29. The van der Waals surface area contributed by atoms with Crippen molar-refractivity contribution >= 4 is 5.69 Å². The van der Waals surface area contributed by atoms with Gasteiger partial charge in [-0.25, -0.2) is 0 Å². The zero-order valence-corrected chi connectivity index (χ0v) is 13.1. The van der Waals surface area contributed by atoms with E-state index in [0.29, 0.717) is 11.6 Å². The molecule has 1 N–H and O–H groups in total. The normalized spacial score (nSPS) is 12.2. The number of aliphatic hydroxyl groups is 1. The van der Waals surface area contributed by atoms with Gasteiger partial charge < -0.3 is 10.0 Å². The fraction of sp³-hybridized carbons (Fsp3) is 0.588. The molecule has 20 heavy (non-hydrogen) atoms. The molecule has 0 aliphatic rings. The number of unbranched alkanes of at least 4 members (excludes halogenated alkanes) is 2. The van der Waals surface area contributed by atoms with E-state index in [1.165, 1.54) is 12.8 Å². The van der Waals surface area contributed by atoms with Crippen LogP contribution in [0.1, 0.15) is 64.2 Å². The number of rotatable bonds is 7. The summed E-state index contributed by atoms with van der Waals surface area (Å²) in [5.74, 6) is 0.